The lowest BCUT2D eigenvalue weighted by atomic mass is 10.0. The SMILES string of the molecule is CNCCNS(=O)(=O)c1ccc2c(c1)C(=O)NCC2.Cl. The first-order valence-electron chi connectivity index (χ1n) is 6.10. The summed E-state index contributed by atoms with van der Waals surface area (Å²) in [6, 6.07) is 4.69. The van der Waals surface area contributed by atoms with Crippen molar-refractivity contribution < 1.29 is 13.2 Å². The fourth-order valence-corrected chi connectivity index (χ4v) is 3.01. The molecule has 3 N–H and O–H groups in total. The highest BCUT2D eigenvalue weighted by Crippen LogP contribution is 2.18. The molecule has 0 saturated heterocycles. The number of carbonyl (C=O) groups excluding carboxylic acids is 1. The second-order valence-electron chi connectivity index (χ2n) is 4.33. The van der Waals surface area contributed by atoms with Crippen LogP contribution in [0.15, 0.2) is 23.1 Å². The molecule has 1 aromatic carbocycles. The lowest BCUT2D eigenvalue weighted by Gasteiger charge is -2.17. The molecule has 1 aliphatic rings. The molecule has 0 aromatic heterocycles. The highest BCUT2D eigenvalue weighted by Gasteiger charge is 2.21. The molecule has 0 aliphatic carbocycles. The molecule has 0 saturated carbocycles. The topological polar surface area (TPSA) is 87.3 Å². The van der Waals surface area contributed by atoms with Crippen LogP contribution in [0, 0.1) is 0 Å². The monoisotopic (exact) mass is 319 g/mol. The number of fused-ring (bicyclic) bond motifs is 1. The third-order valence-electron chi connectivity index (χ3n) is 2.98. The van der Waals surface area contributed by atoms with Crippen molar-refractivity contribution in [2.75, 3.05) is 26.7 Å². The molecule has 0 bridgehead atoms. The number of nitrogens with one attached hydrogen (secondary N) is 3. The van der Waals surface area contributed by atoms with E-state index in [1.165, 1.54) is 6.07 Å². The Morgan fingerprint density at radius 1 is 1.30 bits per heavy atom. The molecule has 20 heavy (non-hydrogen) atoms. The van der Waals surface area contributed by atoms with Crippen LogP contribution in [-0.4, -0.2) is 41.0 Å². The second kappa shape index (κ2) is 7.03. The van der Waals surface area contributed by atoms with Crippen molar-refractivity contribution in [2.24, 2.45) is 0 Å². The van der Waals surface area contributed by atoms with E-state index < -0.39 is 10.0 Å². The van der Waals surface area contributed by atoms with Crippen molar-refractivity contribution in [1.82, 2.24) is 15.4 Å². The third-order valence-corrected chi connectivity index (χ3v) is 4.44. The molecule has 0 fully saturated rings. The standard InChI is InChI=1S/C12H17N3O3S.ClH/c1-13-6-7-15-19(17,18)10-3-2-9-4-5-14-12(16)11(9)8-10;/h2-3,8,13,15H,4-7H2,1H3,(H,14,16);1H. The van der Waals surface area contributed by atoms with Crippen molar-refractivity contribution in [3.63, 3.8) is 0 Å². The number of benzene rings is 1. The fourth-order valence-electron chi connectivity index (χ4n) is 1.95. The molecular weight excluding hydrogens is 302 g/mol. The van der Waals surface area contributed by atoms with E-state index >= 15 is 0 Å². The van der Waals surface area contributed by atoms with E-state index in [1.54, 1.807) is 19.2 Å². The van der Waals surface area contributed by atoms with E-state index in [0.29, 0.717) is 25.2 Å². The number of carbonyl (C=O) groups is 1. The van der Waals surface area contributed by atoms with Gasteiger partial charge in [0, 0.05) is 25.2 Å². The Balaban J connectivity index is 0.00000200. The highest BCUT2D eigenvalue weighted by molar-refractivity contribution is 7.89. The minimum atomic E-state index is -3.56. The van der Waals surface area contributed by atoms with Crippen LogP contribution in [0.4, 0.5) is 0 Å². The summed E-state index contributed by atoms with van der Waals surface area (Å²) in [6.45, 7) is 1.45. The number of rotatable bonds is 5. The maximum Gasteiger partial charge on any atom is 0.251 e. The van der Waals surface area contributed by atoms with E-state index in [0.717, 1.165) is 12.0 Å². The van der Waals surface area contributed by atoms with Crippen molar-refractivity contribution in [2.45, 2.75) is 11.3 Å². The molecule has 0 atom stereocenters. The first-order valence-corrected chi connectivity index (χ1v) is 7.58. The average Bonchev–Trinajstić information content (AvgIpc) is 2.39. The quantitative estimate of drug-likeness (QED) is 0.661. The molecule has 0 spiro atoms. The number of hydrogen-bond acceptors (Lipinski definition) is 4. The largest absolute Gasteiger partial charge is 0.352 e. The maximum absolute atomic E-state index is 12.0. The molecule has 1 heterocycles. The minimum Gasteiger partial charge on any atom is -0.352 e. The highest BCUT2D eigenvalue weighted by atomic mass is 35.5. The van der Waals surface area contributed by atoms with Crippen molar-refractivity contribution in [1.29, 1.82) is 0 Å². The van der Waals surface area contributed by atoms with Gasteiger partial charge in [-0.3, -0.25) is 4.79 Å². The number of hydrogen-bond donors (Lipinski definition) is 3. The van der Waals surface area contributed by atoms with Gasteiger partial charge in [0.15, 0.2) is 0 Å². The maximum atomic E-state index is 12.0. The van der Waals surface area contributed by atoms with Crippen molar-refractivity contribution >= 4 is 28.3 Å². The Morgan fingerprint density at radius 2 is 2.05 bits per heavy atom. The van der Waals surface area contributed by atoms with Crippen LogP contribution < -0.4 is 15.4 Å². The van der Waals surface area contributed by atoms with E-state index in [2.05, 4.69) is 15.4 Å². The zero-order chi connectivity index (χ0) is 13.9. The molecule has 6 nitrogen and oxygen atoms in total. The first-order chi connectivity index (χ1) is 9.04. The van der Waals surface area contributed by atoms with Gasteiger partial charge in [0.25, 0.3) is 5.91 Å². The van der Waals surface area contributed by atoms with Gasteiger partial charge in [0.1, 0.15) is 0 Å². The lowest BCUT2D eigenvalue weighted by molar-refractivity contribution is 0.0946. The van der Waals surface area contributed by atoms with Gasteiger partial charge in [-0.05, 0) is 31.2 Å². The predicted octanol–water partition coefficient (Wildman–Crippen LogP) is -0.108. The minimum absolute atomic E-state index is 0. The van der Waals surface area contributed by atoms with Crippen LogP contribution in [0.5, 0.6) is 0 Å². The summed E-state index contributed by atoms with van der Waals surface area (Å²) in [4.78, 5) is 11.8. The molecule has 0 radical (unpaired) electrons. The summed E-state index contributed by atoms with van der Waals surface area (Å²) in [5, 5.41) is 5.56. The van der Waals surface area contributed by atoms with Crippen LogP contribution in [0.2, 0.25) is 0 Å². The summed E-state index contributed by atoms with van der Waals surface area (Å²) in [7, 11) is -1.81. The van der Waals surface area contributed by atoms with Gasteiger partial charge in [-0.1, -0.05) is 6.07 Å². The van der Waals surface area contributed by atoms with Crippen LogP contribution in [0.25, 0.3) is 0 Å². The van der Waals surface area contributed by atoms with Crippen LogP contribution in [0.1, 0.15) is 15.9 Å². The molecule has 112 valence electrons. The fraction of sp³-hybridized carbons (Fsp3) is 0.417. The summed E-state index contributed by atoms with van der Waals surface area (Å²) in [6.07, 6.45) is 0.731. The van der Waals surface area contributed by atoms with Crippen molar-refractivity contribution in [3.8, 4) is 0 Å². The van der Waals surface area contributed by atoms with E-state index in [1.807, 2.05) is 0 Å². The van der Waals surface area contributed by atoms with Gasteiger partial charge < -0.3 is 10.6 Å². The molecule has 2 rings (SSSR count). The Bertz CT molecular complexity index is 590. The number of halogens is 1. The van der Waals surface area contributed by atoms with Crippen molar-refractivity contribution in [3.05, 3.63) is 29.3 Å². The number of sulfonamides is 1. The molecule has 1 amide bonds. The van der Waals surface area contributed by atoms with Crippen LogP contribution in [-0.2, 0) is 16.4 Å². The lowest BCUT2D eigenvalue weighted by Crippen LogP contribution is -2.33. The van der Waals surface area contributed by atoms with E-state index in [9.17, 15) is 13.2 Å². The average molecular weight is 320 g/mol. The van der Waals surface area contributed by atoms with Gasteiger partial charge in [0.2, 0.25) is 10.0 Å². The second-order valence-corrected chi connectivity index (χ2v) is 6.09. The zero-order valence-electron chi connectivity index (χ0n) is 11.1. The van der Waals surface area contributed by atoms with E-state index in [-0.39, 0.29) is 23.2 Å². The number of amides is 1. The third kappa shape index (κ3) is 3.69. The van der Waals surface area contributed by atoms with Gasteiger partial charge in [-0.25, -0.2) is 13.1 Å². The van der Waals surface area contributed by atoms with Gasteiger partial charge in [-0.15, -0.1) is 12.4 Å². The zero-order valence-corrected chi connectivity index (χ0v) is 12.7. The summed E-state index contributed by atoms with van der Waals surface area (Å²) in [5.74, 6) is -0.214. The van der Waals surface area contributed by atoms with Crippen LogP contribution >= 0.6 is 12.4 Å². The van der Waals surface area contributed by atoms with Gasteiger partial charge >= 0.3 is 0 Å². The predicted molar refractivity (Wildman–Crippen MR) is 78.8 cm³/mol. The summed E-state index contributed by atoms with van der Waals surface area (Å²) < 4.78 is 26.5. The van der Waals surface area contributed by atoms with Gasteiger partial charge in [-0.2, -0.15) is 0 Å². The Morgan fingerprint density at radius 3 is 2.75 bits per heavy atom. The molecule has 8 heteroatoms. The Labute approximate surface area is 124 Å². The molecule has 1 aliphatic heterocycles. The Kier molecular flexibility index (Phi) is 5.94. The van der Waals surface area contributed by atoms with E-state index in [4.69, 9.17) is 0 Å². The normalized spacial score (nSPS) is 14.2. The summed E-state index contributed by atoms with van der Waals surface area (Å²) >= 11 is 0. The molecule has 0 unspecified atom stereocenters. The Hall–Kier alpha value is -1.15. The van der Waals surface area contributed by atoms with Crippen LogP contribution in [0.3, 0.4) is 0 Å². The molecular formula is C12H18ClN3O3S. The molecule has 1 aromatic rings. The smallest absolute Gasteiger partial charge is 0.251 e. The summed E-state index contributed by atoms with van der Waals surface area (Å²) in [5.41, 5.74) is 1.33. The van der Waals surface area contributed by atoms with Gasteiger partial charge in [0.05, 0.1) is 4.90 Å². The number of likely N-dealkylation sites (N-methyl/N-ethyl adjacent to an activating group) is 1. The first kappa shape index (κ1) is 16.9.